The lowest BCUT2D eigenvalue weighted by atomic mass is 10.2. The molecule has 0 atom stereocenters. The maximum Gasteiger partial charge on any atom is 0.0593 e. The Bertz CT molecular complexity index is 363. The van der Waals surface area contributed by atoms with Crippen molar-refractivity contribution in [1.29, 1.82) is 0 Å². The van der Waals surface area contributed by atoms with Crippen LogP contribution in [0.5, 0.6) is 0 Å². The van der Waals surface area contributed by atoms with Crippen molar-refractivity contribution in [1.82, 2.24) is 10.2 Å². The molecule has 5 heteroatoms. The molecule has 0 unspecified atom stereocenters. The fourth-order valence-electron chi connectivity index (χ4n) is 1.61. The van der Waals surface area contributed by atoms with Crippen LogP contribution in [0.15, 0.2) is 22.7 Å². The second-order valence-electron chi connectivity index (χ2n) is 4.19. The molecule has 0 radical (unpaired) electrons. The van der Waals surface area contributed by atoms with E-state index in [9.17, 15) is 0 Å². The van der Waals surface area contributed by atoms with Gasteiger partial charge >= 0.3 is 0 Å². The minimum absolute atomic E-state index is 0.751. The van der Waals surface area contributed by atoms with Crippen molar-refractivity contribution >= 4 is 27.5 Å². The van der Waals surface area contributed by atoms with Gasteiger partial charge < -0.3 is 15.0 Å². The minimum atomic E-state index is 0.751. The highest BCUT2D eigenvalue weighted by Gasteiger charge is 2.06. The molecule has 0 saturated heterocycles. The summed E-state index contributed by atoms with van der Waals surface area (Å²) < 4.78 is 5.93. The van der Waals surface area contributed by atoms with Crippen molar-refractivity contribution in [3.63, 3.8) is 0 Å². The van der Waals surface area contributed by atoms with E-state index in [2.05, 4.69) is 39.3 Å². The van der Waals surface area contributed by atoms with Gasteiger partial charge in [0.1, 0.15) is 0 Å². The molecule has 0 bridgehead atoms. The monoisotopic (exact) mass is 334 g/mol. The summed E-state index contributed by atoms with van der Waals surface area (Å²) in [4.78, 5) is 2.24. The molecule has 1 rings (SSSR count). The van der Waals surface area contributed by atoms with E-state index in [1.165, 1.54) is 0 Å². The zero-order valence-electron chi connectivity index (χ0n) is 10.9. The van der Waals surface area contributed by atoms with Gasteiger partial charge in [-0.3, -0.25) is 0 Å². The van der Waals surface area contributed by atoms with Crippen molar-refractivity contribution in [3.05, 3.63) is 33.3 Å². The van der Waals surface area contributed by atoms with E-state index in [0.717, 1.165) is 47.8 Å². The van der Waals surface area contributed by atoms with E-state index in [4.69, 9.17) is 16.3 Å². The highest BCUT2D eigenvalue weighted by atomic mass is 79.9. The van der Waals surface area contributed by atoms with Crippen molar-refractivity contribution < 1.29 is 4.74 Å². The van der Waals surface area contributed by atoms with E-state index in [1.54, 1.807) is 7.11 Å². The summed E-state index contributed by atoms with van der Waals surface area (Å²) in [5.41, 5.74) is 1.14. The van der Waals surface area contributed by atoms with Crippen LogP contribution < -0.4 is 5.32 Å². The Morgan fingerprint density at radius 3 is 2.89 bits per heavy atom. The van der Waals surface area contributed by atoms with Gasteiger partial charge in [0.2, 0.25) is 0 Å². The average Bonchev–Trinajstić information content (AvgIpc) is 2.35. The second-order valence-corrected chi connectivity index (χ2v) is 5.43. The lowest BCUT2D eigenvalue weighted by molar-refractivity contribution is 0.197. The van der Waals surface area contributed by atoms with Gasteiger partial charge in [-0.15, -0.1) is 0 Å². The maximum absolute atomic E-state index is 6.23. The molecule has 0 aliphatic rings. The maximum atomic E-state index is 6.23. The van der Waals surface area contributed by atoms with E-state index in [1.807, 2.05) is 12.1 Å². The summed E-state index contributed by atoms with van der Waals surface area (Å²) in [5.74, 6) is 0. The molecule has 1 aromatic rings. The number of nitrogens with one attached hydrogen (secondary N) is 1. The first-order chi connectivity index (χ1) is 8.65. The van der Waals surface area contributed by atoms with Crippen molar-refractivity contribution in [2.24, 2.45) is 0 Å². The van der Waals surface area contributed by atoms with Crippen molar-refractivity contribution in [2.45, 2.75) is 6.54 Å². The Morgan fingerprint density at radius 2 is 2.17 bits per heavy atom. The van der Waals surface area contributed by atoms with E-state index < -0.39 is 0 Å². The van der Waals surface area contributed by atoms with Crippen LogP contribution in [-0.2, 0) is 11.3 Å². The number of ether oxygens (including phenoxy) is 1. The first-order valence-electron chi connectivity index (χ1n) is 5.96. The number of benzene rings is 1. The van der Waals surface area contributed by atoms with Gasteiger partial charge in [0.15, 0.2) is 0 Å². The van der Waals surface area contributed by atoms with Gasteiger partial charge in [-0.1, -0.05) is 23.7 Å². The molecule has 1 N–H and O–H groups in total. The second kappa shape index (κ2) is 8.88. The third-order valence-electron chi connectivity index (χ3n) is 2.63. The van der Waals surface area contributed by atoms with Crippen molar-refractivity contribution in [2.75, 3.05) is 40.4 Å². The van der Waals surface area contributed by atoms with Gasteiger partial charge in [-0.05, 0) is 34.6 Å². The number of nitrogens with zero attached hydrogens (tertiary/aromatic N) is 1. The number of hydrogen-bond donors (Lipinski definition) is 1. The molecular weight excluding hydrogens is 316 g/mol. The normalized spacial score (nSPS) is 11.2. The van der Waals surface area contributed by atoms with Gasteiger partial charge in [0.05, 0.1) is 11.6 Å². The number of rotatable bonds is 8. The molecule has 18 heavy (non-hydrogen) atoms. The van der Waals surface area contributed by atoms with Crippen molar-refractivity contribution in [3.8, 4) is 0 Å². The molecule has 0 fully saturated rings. The lowest BCUT2D eigenvalue weighted by Crippen LogP contribution is -2.30. The highest BCUT2D eigenvalue weighted by Crippen LogP contribution is 2.26. The number of likely N-dealkylation sites (N-methyl/N-ethyl adjacent to an activating group) is 1. The van der Waals surface area contributed by atoms with Crippen LogP contribution in [0.25, 0.3) is 0 Å². The van der Waals surface area contributed by atoms with E-state index in [0.29, 0.717) is 0 Å². The fraction of sp³-hybridized carbons (Fsp3) is 0.538. The van der Waals surface area contributed by atoms with Crippen LogP contribution >= 0.6 is 27.5 Å². The Hall–Kier alpha value is -0.130. The molecule has 102 valence electrons. The summed E-state index contributed by atoms with van der Waals surface area (Å²) in [6.45, 7) is 4.42. The van der Waals surface area contributed by atoms with Gasteiger partial charge in [-0.25, -0.2) is 0 Å². The quantitative estimate of drug-likeness (QED) is 0.739. The zero-order chi connectivity index (χ0) is 13.4. The Labute approximate surface area is 123 Å². The molecule has 3 nitrogen and oxygen atoms in total. The number of hydrogen-bond acceptors (Lipinski definition) is 3. The van der Waals surface area contributed by atoms with Gasteiger partial charge in [0.25, 0.3) is 0 Å². The van der Waals surface area contributed by atoms with Gasteiger partial charge in [0, 0.05) is 37.8 Å². The molecule has 0 spiro atoms. The first kappa shape index (κ1) is 15.9. The predicted octanol–water partition coefficient (Wildman–Crippen LogP) is 2.77. The molecule has 1 aromatic carbocycles. The van der Waals surface area contributed by atoms with Crippen LogP contribution in [0.3, 0.4) is 0 Å². The third-order valence-corrected chi connectivity index (χ3v) is 3.96. The molecule has 0 amide bonds. The SMILES string of the molecule is COCCNCCN(C)Cc1cccc(Br)c1Cl. The largest absolute Gasteiger partial charge is 0.383 e. The molecule has 0 heterocycles. The lowest BCUT2D eigenvalue weighted by Gasteiger charge is -2.18. The smallest absolute Gasteiger partial charge is 0.0593 e. The Kier molecular flexibility index (Phi) is 7.86. The van der Waals surface area contributed by atoms with Crippen LogP contribution in [-0.4, -0.2) is 45.3 Å². The van der Waals surface area contributed by atoms with E-state index >= 15 is 0 Å². The fourth-order valence-corrected chi connectivity index (χ4v) is 2.20. The molecule has 0 saturated carbocycles. The number of methoxy groups -OCH3 is 1. The summed E-state index contributed by atoms with van der Waals surface area (Å²) in [6.07, 6.45) is 0. The minimum Gasteiger partial charge on any atom is -0.383 e. The zero-order valence-corrected chi connectivity index (χ0v) is 13.2. The molecule has 0 aromatic heterocycles. The first-order valence-corrected chi connectivity index (χ1v) is 7.13. The molecule has 0 aliphatic carbocycles. The average molecular weight is 336 g/mol. The third kappa shape index (κ3) is 5.67. The van der Waals surface area contributed by atoms with Crippen LogP contribution in [0.4, 0.5) is 0 Å². The molecular formula is C13H20BrClN2O. The Morgan fingerprint density at radius 1 is 1.39 bits per heavy atom. The number of halogens is 2. The standard InChI is InChI=1S/C13H20BrClN2O/c1-17(8-6-16-7-9-18-2)10-11-4-3-5-12(14)13(11)15/h3-5,16H,6-10H2,1-2H3. The highest BCUT2D eigenvalue weighted by molar-refractivity contribution is 9.10. The van der Waals surface area contributed by atoms with Crippen LogP contribution in [0.1, 0.15) is 5.56 Å². The summed E-state index contributed by atoms with van der Waals surface area (Å²) in [7, 11) is 3.80. The summed E-state index contributed by atoms with van der Waals surface area (Å²) in [5, 5.41) is 4.12. The van der Waals surface area contributed by atoms with Crippen LogP contribution in [0.2, 0.25) is 5.02 Å². The van der Waals surface area contributed by atoms with E-state index in [-0.39, 0.29) is 0 Å². The topological polar surface area (TPSA) is 24.5 Å². The summed E-state index contributed by atoms with van der Waals surface area (Å²) in [6, 6.07) is 6.02. The molecule has 0 aliphatic heterocycles. The predicted molar refractivity (Wildman–Crippen MR) is 80.2 cm³/mol. The van der Waals surface area contributed by atoms with Crippen LogP contribution in [0, 0.1) is 0 Å². The summed E-state index contributed by atoms with van der Waals surface area (Å²) >= 11 is 9.67. The Balaban J connectivity index is 2.31. The van der Waals surface area contributed by atoms with Gasteiger partial charge in [-0.2, -0.15) is 0 Å².